The third-order valence-electron chi connectivity index (χ3n) is 2.73. The highest BCUT2D eigenvalue weighted by molar-refractivity contribution is 5.74. The number of ether oxygens (including phenoxy) is 2. The molecule has 0 aliphatic carbocycles. The summed E-state index contributed by atoms with van der Waals surface area (Å²) in [5, 5.41) is 18.8. The van der Waals surface area contributed by atoms with E-state index in [-0.39, 0.29) is 17.9 Å². The van der Waals surface area contributed by atoms with Gasteiger partial charge < -0.3 is 25.4 Å². The van der Waals surface area contributed by atoms with Gasteiger partial charge in [-0.1, -0.05) is 6.07 Å². The smallest absolute Gasteiger partial charge is 0.320 e. The van der Waals surface area contributed by atoms with Gasteiger partial charge in [-0.3, -0.25) is 4.79 Å². The zero-order chi connectivity index (χ0) is 13.1. The van der Waals surface area contributed by atoms with Gasteiger partial charge in [-0.25, -0.2) is 0 Å². The lowest BCUT2D eigenvalue weighted by Crippen LogP contribution is -2.32. The first-order valence-electron chi connectivity index (χ1n) is 5.68. The topological polar surface area (TPSA) is 102 Å². The number of carbonyl (C=O) groups is 1. The summed E-state index contributed by atoms with van der Waals surface area (Å²) < 4.78 is 10.8. The van der Waals surface area contributed by atoms with E-state index in [9.17, 15) is 9.90 Å². The molecule has 1 aliphatic heterocycles. The molecule has 0 amide bonds. The minimum atomic E-state index is -1.11. The average Bonchev–Trinajstić information content (AvgIpc) is 2.58. The molecule has 6 nitrogen and oxygen atoms in total. The summed E-state index contributed by atoms with van der Waals surface area (Å²) in [5.74, 6) is -0.465. The van der Waals surface area contributed by atoms with Crippen molar-refractivity contribution in [3.8, 4) is 17.2 Å². The van der Waals surface area contributed by atoms with Crippen LogP contribution in [0.25, 0.3) is 0 Å². The number of nitrogens with two attached hydrogens (primary N) is 1. The molecule has 6 heteroatoms. The molecule has 0 saturated carbocycles. The van der Waals surface area contributed by atoms with Gasteiger partial charge in [-0.2, -0.15) is 0 Å². The monoisotopic (exact) mass is 253 g/mol. The van der Waals surface area contributed by atoms with Crippen molar-refractivity contribution in [2.45, 2.75) is 18.9 Å². The van der Waals surface area contributed by atoms with Crippen molar-refractivity contribution >= 4 is 5.97 Å². The van der Waals surface area contributed by atoms with Gasteiger partial charge in [0.25, 0.3) is 0 Å². The average molecular weight is 253 g/mol. The Balaban J connectivity index is 2.28. The molecule has 0 spiro atoms. The number of aromatic hydroxyl groups is 1. The minimum absolute atomic E-state index is 0.0395. The molecule has 2 rings (SSSR count). The number of fused-ring (bicyclic) bond motifs is 1. The summed E-state index contributed by atoms with van der Waals surface area (Å²) in [6.45, 7) is 0.982. The van der Waals surface area contributed by atoms with Crippen LogP contribution in [0.15, 0.2) is 12.1 Å². The predicted molar refractivity (Wildman–Crippen MR) is 63.0 cm³/mol. The van der Waals surface area contributed by atoms with Crippen molar-refractivity contribution in [3.05, 3.63) is 17.7 Å². The van der Waals surface area contributed by atoms with Crippen molar-refractivity contribution in [1.82, 2.24) is 0 Å². The maximum Gasteiger partial charge on any atom is 0.320 e. The Hall–Kier alpha value is -1.95. The molecule has 1 heterocycles. The van der Waals surface area contributed by atoms with Crippen molar-refractivity contribution in [3.63, 3.8) is 0 Å². The number of rotatable bonds is 3. The fraction of sp³-hybridized carbons (Fsp3) is 0.417. The number of carboxylic acids is 1. The number of aliphatic carboxylic acids is 1. The summed E-state index contributed by atoms with van der Waals surface area (Å²) in [4.78, 5) is 10.7. The summed E-state index contributed by atoms with van der Waals surface area (Å²) in [6.07, 6.45) is 0.774. The second-order valence-electron chi connectivity index (χ2n) is 4.10. The van der Waals surface area contributed by atoms with Gasteiger partial charge in [-0.05, 0) is 6.07 Å². The number of hydrogen-bond acceptors (Lipinski definition) is 5. The maximum absolute atomic E-state index is 10.7. The predicted octanol–water partition coefficient (Wildman–Crippen LogP) is 0.508. The lowest BCUT2D eigenvalue weighted by molar-refractivity contribution is -0.138. The maximum atomic E-state index is 10.7. The van der Waals surface area contributed by atoms with E-state index in [1.807, 2.05) is 0 Å². The summed E-state index contributed by atoms with van der Waals surface area (Å²) in [7, 11) is 0. The fourth-order valence-electron chi connectivity index (χ4n) is 1.75. The van der Waals surface area contributed by atoms with E-state index in [1.165, 1.54) is 0 Å². The van der Waals surface area contributed by atoms with Gasteiger partial charge in [0.15, 0.2) is 11.5 Å². The summed E-state index contributed by atoms with van der Waals surface area (Å²) in [5.41, 5.74) is 5.88. The first-order valence-corrected chi connectivity index (χ1v) is 5.68. The Morgan fingerprint density at radius 1 is 1.39 bits per heavy atom. The molecule has 1 atom stereocenters. The van der Waals surface area contributed by atoms with Crippen molar-refractivity contribution < 1.29 is 24.5 Å². The van der Waals surface area contributed by atoms with E-state index in [4.69, 9.17) is 20.3 Å². The molecule has 1 aliphatic rings. The van der Waals surface area contributed by atoms with E-state index < -0.39 is 12.0 Å². The van der Waals surface area contributed by atoms with Crippen molar-refractivity contribution in [2.75, 3.05) is 13.2 Å². The largest absolute Gasteiger partial charge is 0.504 e. The third kappa shape index (κ3) is 2.48. The molecular formula is C12H15NO5. The Bertz CT molecular complexity index is 460. The lowest BCUT2D eigenvalue weighted by Gasteiger charge is -2.13. The first-order chi connectivity index (χ1) is 8.59. The molecule has 4 N–H and O–H groups in total. The van der Waals surface area contributed by atoms with Crippen molar-refractivity contribution in [2.24, 2.45) is 5.73 Å². The zero-order valence-corrected chi connectivity index (χ0v) is 9.76. The SMILES string of the molecule is NC(Cc1ccc2c(c1O)OCCCO2)C(=O)O. The van der Waals surface area contributed by atoms with Crippen molar-refractivity contribution in [1.29, 1.82) is 0 Å². The molecule has 1 aromatic carbocycles. The molecule has 0 aromatic heterocycles. The van der Waals surface area contributed by atoms with Crippen LogP contribution in [0.1, 0.15) is 12.0 Å². The number of benzene rings is 1. The van der Waals surface area contributed by atoms with E-state index >= 15 is 0 Å². The molecule has 1 unspecified atom stereocenters. The van der Waals surface area contributed by atoms with E-state index in [0.29, 0.717) is 24.5 Å². The Morgan fingerprint density at radius 3 is 2.83 bits per heavy atom. The quantitative estimate of drug-likeness (QED) is 0.725. The van der Waals surface area contributed by atoms with Crippen LogP contribution in [-0.2, 0) is 11.2 Å². The van der Waals surface area contributed by atoms with Crippen LogP contribution in [0.2, 0.25) is 0 Å². The molecule has 0 fully saturated rings. The second-order valence-corrected chi connectivity index (χ2v) is 4.10. The van der Waals surface area contributed by atoms with Gasteiger partial charge in [0.1, 0.15) is 6.04 Å². The van der Waals surface area contributed by atoms with Gasteiger partial charge in [0.2, 0.25) is 5.75 Å². The lowest BCUT2D eigenvalue weighted by atomic mass is 10.0. The van der Waals surface area contributed by atoms with Gasteiger partial charge in [0, 0.05) is 18.4 Å². The van der Waals surface area contributed by atoms with Crippen LogP contribution in [-0.4, -0.2) is 35.4 Å². The third-order valence-corrected chi connectivity index (χ3v) is 2.73. The van der Waals surface area contributed by atoms with Gasteiger partial charge in [-0.15, -0.1) is 0 Å². The Kier molecular flexibility index (Phi) is 3.57. The summed E-state index contributed by atoms with van der Waals surface area (Å²) in [6, 6.07) is 2.20. The normalized spacial score (nSPS) is 15.8. The Labute approximate surface area is 104 Å². The molecule has 0 radical (unpaired) electrons. The highest BCUT2D eigenvalue weighted by Crippen LogP contribution is 2.40. The van der Waals surface area contributed by atoms with Gasteiger partial charge >= 0.3 is 5.97 Å². The standard InChI is InChI=1S/C12H15NO5/c13-8(12(15)16)6-7-2-3-9-11(10(7)14)18-5-1-4-17-9/h2-3,8,14H,1,4-6,13H2,(H,15,16). The number of phenols is 1. The van der Waals surface area contributed by atoms with Crippen LogP contribution in [0.4, 0.5) is 0 Å². The van der Waals surface area contributed by atoms with E-state index in [0.717, 1.165) is 6.42 Å². The number of carboxylic acid groups (broad SMARTS) is 1. The number of hydrogen-bond donors (Lipinski definition) is 3. The molecule has 98 valence electrons. The van der Waals surface area contributed by atoms with E-state index in [1.54, 1.807) is 12.1 Å². The molecule has 1 aromatic rings. The summed E-state index contributed by atoms with van der Waals surface area (Å²) >= 11 is 0. The first kappa shape index (κ1) is 12.5. The Morgan fingerprint density at radius 2 is 2.11 bits per heavy atom. The fourth-order valence-corrected chi connectivity index (χ4v) is 1.75. The van der Waals surface area contributed by atoms with Crippen LogP contribution in [0.5, 0.6) is 17.2 Å². The molecular weight excluding hydrogens is 238 g/mol. The van der Waals surface area contributed by atoms with E-state index in [2.05, 4.69) is 0 Å². The second kappa shape index (κ2) is 5.14. The zero-order valence-electron chi connectivity index (χ0n) is 9.76. The molecule has 0 saturated heterocycles. The van der Waals surface area contributed by atoms with Crippen LogP contribution in [0, 0.1) is 0 Å². The highest BCUT2D eigenvalue weighted by atomic mass is 16.5. The minimum Gasteiger partial charge on any atom is -0.504 e. The van der Waals surface area contributed by atoms with Crippen LogP contribution >= 0.6 is 0 Å². The molecule has 18 heavy (non-hydrogen) atoms. The van der Waals surface area contributed by atoms with Crippen LogP contribution < -0.4 is 15.2 Å². The van der Waals surface area contributed by atoms with Gasteiger partial charge in [0.05, 0.1) is 13.2 Å². The number of phenolic OH excluding ortho intramolecular Hbond substituents is 1. The van der Waals surface area contributed by atoms with Crippen LogP contribution in [0.3, 0.4) is 0 Å². The molecule has 0 bridgehead atoms. The highest BCUT2D eigenvalue weighted by Gasteiger charge is 2.21.